The van der Waals surface area contributed by atoms with Crippen LogP contribution >= 0.6 is 0 Å². The Kier molecular flexibility index (Phi) is 7.75. The first-order valence-corrected chi connectivity index (χ1v) is 16.1. The largest absolute Gasteiger partial charge is 0.465 e. The van der Waals surface area contributed by atoms with Gasteiger partial charge in [0.25, 0.3) is 0 Å². The predicted octanol–water partition coefficient (Wildman–Crippen LogP) is 4.23. The average molecular weight is 513 g/mol. The Morgan fingerprint density at radius 3 is 2.34 bits per heavy atom. The molecule has 0 aromatic rings. The molecule has 0 aromatic carbocycles. The van der Waals surface area contributed by atoms with Crippen molar-refractivity contribution in [3.05, 3.63) is 0 Å². The van der Waals surface area contributed by atoms with Gasteiger partial charge < -0.3 is 14.9 Å². The summed E-state index contributed by atoms with van der Waals surface area (Å²) in [5.41, 5.74) is 0.386. The van der Waals surface area contributed by atoms with Crippen molar-refractivity contribution in [1.82, 2.24) is 0 Å². The van der Waals surface area contributed by atoms with E-state index in [0.717, 1.165) is 57.6 Å². The molecule has 2 N–H and O–H groups in total. The Hall–Kier alpha value is -0.660. The first kappa shape index (κ1) is 27.4. The number of hydrogen-bond acceptors (Lipinski definition) is 6. The fraction of sp³-hybridized carbons (Fsp3) is 0.964. The third-order valence-electron chi connectivity index (χ3n) is 11.4. The zero-order valence-electron chi connectivity index (χ0n) is 22.4. The molecule has 7 heteroatoms. The number of fused-ring (bicyclic) bond motifs is 5. The Morgan fingerprint density at radius 1 is 1.03 bits per heavy atom. The molecule has 4 rings (SSSR count). The van der Waals surface area contributed by atoms with Crippen LogP contribution in [-0.2, 0) is 19.4 Å². The van der Waals surface area contributed by atoms with Gasteiger partial charge in [0.15, 0.2) is 9.84 Å². The van der Waals surface area contributed by atoms with Gasteiger partial charge in [0.05, 0.1) is 18.8 Å². The first-order chi connectivity index (χ1) is 16.3. The number of carbonyl (C=O) groups excluding carboxylic acids is 1. The van der Waals surface area contributed by atoms with Gasteiger partial charge in [-0.3, -0.25) is 4.79 Å². The molecular weight excluding hydrogens is 464 g/mol. The van der Waals surface area contributed by atoms with Crippen molar-refractivity contribution >= 4 is 15.8 Å². The minimum atomic E-state index is -3.37. The molecule has 0 spiro atoms. The highest BCUT2D eigenvalue weighted by atomic mass is 32.2. The molecule has 0 unspecified atom stereocenters. The van der Waals surface area contributed by atoms with E-state index in [4.69, 9.17) is 4.74 Å². The summed E-state index contributed by atoms with van der Waals surface area (Å²) in [6.07, 6.45) is 9.69. The van der Waals surface area contributed by atoms with Gasteiger partial charge in [-0.1, -0.05) is 34.1 Å². The summed E-state index contributed by atoms with van der Waals surface area (Å²) in [6, 6.07) is 0. The minimum Gasteiger partial charge on any atom is -0.465 e. The van der Waals surface area contributed by atoms with Gasteiger partial charge in [0.2, 0.25) is 0 Å². The fourth-order valence-corrected chi connectivity index (χ4v) is 10.3. The van der Waals surface area contributed by atoms with Gasteiger partial charge in [-0.05, 0) is 104 Å². The van der Waals surface area contributed by atoms with Crippen LogP contribution in [0.4, 0.5) is 0 Å². The summed E-state index contributed by atoms with van der Waals surface area (Å²) < 4.78 is 27.9. The summed E-state index contributed by atoms with van der Waals surface area (Å²) in [5, 5.41) is 22.3. The molecule has 11 atom stereocenters. The van der Waals surface area contributed by atoms with Crippen molar-refractivity contribution in [3.8, 4) is 0 Å². The molecule has 6 nitrogen and oxygen atoms in total. The number of rotatable bonds is 7. The lowest BCUT2D eigenvalue weighted by Crippen LogP contribution is -2.62. The molecule has 0 radical (unpaired) electrons. The van der Waals surface area contributed by atoms with E-state index in [2.05, 4.69) is 27.7 Å². The van der Waals surface area contributed by atoms with Crippen LogP contribution in [0.1, 0.15) is 85.5 Å². The number of hydrogen-bond donors (Lipinski definition) is 2. The van der Waals surface area contributed by atoms with E-state index in [1.54, 1.807) is 0 Å². The first-order valence-electron chi connectivity index (χ1n) is 14.0. The summed E-state index contributed by atoms with van der Waals surface area (Å²) in [5.74, 6) is 1.74. The average Bonchev–Trinajstić information content (AvgIpc) is 3.11. The van der Waals surface area contributed by atoms with Crippen molar-refractivity contribution in [2.45, 2.75) is 97.7 Å². The van der Waals surface area contributed by atoms with E-state index in [1.807, 2.05) is 0 Å². The Bertz CT molecular complexity index is 888. The lowest BCUT2D eigenvalue weighted by atomic mass is 9.41. The monoisotopic (exact) mass is 512 g/mol. The Labute approximate surface area is 212 Å². The third kappa shape index (κ3) is 4.95. The molecule has 0 aliphatic heterocycles. The highest BCUT2D eigenvalue weighted by Crippen LogP contribution is 2.69. The number of sulfone groups is 1. The SMILES string of the molecule is CC[C@H]1[C@@H](O)[C@@H]2[C@H](CC[C@]3(C)[C@@H]([C@H](C)CCOC(=O)CS(C)(=O)=O)CC[C@@H]23)[C@@]2(C)CC[C@@H](O)C[C@@H]12. The van der Waals surface area contributed by atoms with Crippen LogP contribution in [0.2, 0.25) is 0 Å². The van der Waals surface area contributed by atoms with Gasteiger partial charge in [-0.15, -0.1) is 0 Å². The van der Waals surface area contributed by atoms with E-state index < -0.39 is 21.6 Å². The van der Waals surface area contributed by atoms with Gasteiger partial charge in [0, 0.05) is 6.26 Å². The van der Waals surface area contributed by atoms with Crippen LogP contribution in [0.3, 0.4) is 0 Å². The van der Waals surface area contributed by atoms with E-state index in [-0.39, 0.29) is 35.6 Å². The second kappa shape index (κ2) is 9.90. The minimum absolute atomic E-state index is 0.175. The van der Waals surface area contributed by atoms with Gasteiger partial charge in [-0.2, -0.15) is 0 Å². The van der Waals surface area contributed by atoms with E-state index in [1.165, 1.54) is 6.42 Å². The van der Waals surface area contributed by atoms with Crippen LogP contribution < -0.4 is 0 Å². The number of carbonyl (C=O) groups is 1. The Balaban J connectivity index is 1.47. The molecule has 35 heavy (non-hydrogen) atoms. The highest BCUT2D eigenvalue weighted by molar-refractivity contribution is 7.91. The molecule has 4 fully saturated rings. The van der Waals surface area contributed by atoms with Crippen LogP contribution in [-0.4, -0.2) is 55.4 Å². The number of ether oxygens (including phenoxy) is 1. The van der Waals surface area contributed by atoms with Crippen molar-refractivity contribution < 1.29 is 28.2 Å². The molecule has 0 heterocycles. The summed E-state index contributed by atoms with van der Waals surface area (Å²) in [4.78, 5) is 11.8. The molecule has 4 aliphatic carbocycles. The predicted molar refractivity (Wildman–Crippen MR) is 136 cm³/mol. The van der Waals surface area contributed by atoms with E-state index in [9.17, 15) is 23.4 Å². The Morgan fingerprint density at radius 2 is 1.69 bits per heavy atom. The second-order valence-electron chi connectivity index (χ2n) is 13.2. The van der Waals surface area contributed by atoms with E-state index >= 15 is 0 Å². The van der Waals surface area contributed by atoms with Crippen molar-refractivity contribution in [1.29, 1.82) is 0 Å². The zero-order valence-corrected chi connectivity index (χ0v) is 23.2. The number of esters is 1. The normalized spacial score (nSPS) is 46.3. The zero-order chi connectivity index (χ0) is 25.8. The molecule has 0 aromatic heterocycles. The highest BCUT2D eigenvalue weighted by Gasteiger charge is 2.64. The fourth-order valence-electron chi connectivity index (χ4n) is 9.75. The number of aliphatic hydroxyl groups is 2. The molecule has 0 amide bonds. The quantitative estimate of drug-likeness (QED) is 0.495. The lowest BCUT2D eigenvalue weighted by molar-refractivity contribution is -0.203. The maximum atomic E-state index is 11.8. The number of aliphatic hydroxyl groups excluding tert-OH is 2. The smallest absolute Gasteiger partial charge is 0.321 e. The summed E-state index contributed by atoms with van der Waals surface area (Å²) in [6.45, 7) is 9.65. The second-order valence-corrected chi connectivity index (χ2v) is 15.3. The lowest BCUT2D eigenvalue weighted by Gasteiger charge is -2.64. The molecular formula is C28H48O6S. The maximum absolute atomic E-state index is 11.8. The van der Waals surface area contributed by atoms with Crippen molar-refractivity contribution in [2.24, 2.45) is 52.3 Å². The van der Waals surface area contributed by atoms with Crippen molar-refractivity contribution in [2.75, 3.05) is 18.6 Å². The topological polar surface area (TPSA) is 101 Å². The van der Waals surface area contributed by atoms with Crippen LogP contribution in [0, 0.1) is 52.3 Å². The molecule has 4 saturated carbocycles. The molecule has 0 saturated heterocycles. The third-order valence-corrected chi connectivity index (χ3v) is 12.1. The van der Waals surface area contributed by atoms with Gasteiger partial charge in [-0.25, -0.2) is 8.42 Å². The summed E-state index contributed by atoms with van der Waals surface area (Å²) in [7, 11) is -3.37. The maximum Gasteiger partial charge on any atom is 0.321 e. The molecule has 4 aliphatic rings. The van der Waals surface area contributed by atoms with Crippen LogP contribution in [0.5, 0.6) is 0 Å². The molecule has 202 valence electrons. The molecule has 0 bridgehead atoms. The van der Waals surface area contributed by atoms with Gasteiger partial charge in [0.1, 0.15) is 5.75 Å². The van der Waals surface area contributed by atoms with Crippen LogP contribution in [0.25, 0.3) is 0 Å². The van der Waals surface area contributed by atoms with Crippen molar-refractivity contribution in [3.63, 3.8) is 0 Å². The van der Waals surface area contributed by atoms with Crippen LogP contribution in [0.15, 0.2) is 0 Å². The van der Waals surface area contributed by atoms with Gasteiger partial charge >= 0.3 is 5.97 Å². The van der Waals surface area contributed by atoms with E-state index in [0.29, 0.717) is 35.5 Å². The summed E-state index contributed by atoms with van der Waals surface area (Å²) >= 11 is 0. The standard InChI is InChI=1S/C28H48O6S/c1-6-19-23-15-18(29)9-12-28(23,4)22-10-13-27(3)20(7-8-21(27)25(22)26(19)31)17(2)11-14-34-24(30)16-35(5,32)33/h17-23,25-26,29,31H,6-16H2,1-5H3/t17-,18-,19-,20-,21+,22+,23+,25+,26-,27-,28-/m1/s1.